The van der Waals surface area contributed by atoms with Crippen LogP contribution in [0.5, 0.6) is 0 Å². The van der Waals surface area contributed by atoms with E-state index in [4.69, 9.17) is 5.11 Å². The van der Waals surface area contributed by atoms with Crippen LogP contribution >= 0.6 is 0 Å². The van der Waals surface area contributed by atoms with Crippen LogP contribution in [-0.2, 0) is 10.2 Å². The van der Waals surface area contributed by atoms with E-state index in [1.807, 2.05) is 0 Å². The van der Waals surface area contributed by atoms with Crippen molar-refractivity contribution in [2.75, 3.05) is 19.7 Å². The minimum absolute atomic E-state index is 0.0972. The van der Waals surface area contributed by atoms with Gasteiger partial charge < -0.3 is 5.11 Å². The van der Waals surface area contributed by atoms with Gasteiger partial charge in [-0.1, -0.05) is 0 Å². The Morgan fingerprint density at radius 2 is 1.86 bits per heavy atom. The van der Waals surface area contributed by atoms with E-state index in [1.165, 1.54) is 4.31 Å². The predicted molar refractivity (Wildman–Crippen MR) is 51.9 cm³/mol. The summed E-state index contributed by atoms with van der Waals surface area (Å²) < 4.78 is 27.5. The lowest BCUT2D eigenvalue weighted by Gasteiger charge is -2.20. The molecule has 0 bridgehead atoms. The maximum absolute atomic E-state index is 11.8. The molecule has 2 fully saturated rings. The zero-order valence-electron chi connectivity index (χ0n) is 8.07. The highest BCUT2D eigenvalue weighted by Crippen LogP contribution is 2.35. The molecule has 2 N–H and O–H groups in total. The van der Waals surface area contributed by atoms with Gasteiger partial charge in [0, 0.05) is 13.1 Å². The van der Waals surface area contributed by atoms with Gasteiger partial charge in [0.15, 0.2) is 0 Å². The summed E-state index contributed by atoms with van der Waals surface area (Å²) in [5, 5.41) is 9.02. The molecule has 14 heavy (non-hydrogen) atoms. The van der Waals surface area contributed by atoms with Crippen LogP contribution in [-0.4, -0.2) is 43.1 Å². The summed E-state index contributed by atoms with van der Waals surface area (Å²) in [6, 6.07) is 0. The SMILES string of the molecule is O=S(=O)(NC1(CO)CC1)N1CCCC1. The van der Waals surface area contributed by atoms with E-state index < -0.39 is 15.7 Å². The molecule has 2 rings (SSSR count). The summed E-state index contributed by atoms with van der Waals surface area (Å²) in [6.07, 6.45) is 3.37. The number of aliphatic hydroxyl groups is 1. The van der Waals surface area contributed by atoms with E-state index in [9.17, 15) is 8.42 Å². The van der Waals surface area contributed by atoms with Crippen molar-refractivity contribution in [3.63, 3.8) is 0 Å². The summed E-state index contributed by atoms with van der Waals surface area (Å²) >= 11 is 0. The molecule has 0 unspecified atom stereocenters. The van der Waals surface area contributed by atoms with Gasteiger partial charge in [0.1, 0.15) is 0 Å². The largest absolute Gasteiger partial charge is 0.394 e. The van der Waals surface area contributed by atoms with Crippen molar-refractivity contribution < 1.29 is 13.5 Å². The minimum Gasteiger partial charge on any atom is -0.394 e. The first kappa shape index (κ1) is 10.4. The van der Waals surface area contributed by atoms with Gasteiger partial charge in [-0.15, -0.1) is 0 Å². The maximum atomic E-state index is 11.8. The monoisotopic (exact) mass is 220 g/mol. The average Bonchev–Trinajstić information content (AvgIpc) is 2.70. The Hall–Kier alpha value is -0.170. The molecule has 0 aromatic rings. The first-order valence-electron chi connectivity index (χ1n) is 4.98. The molecule has 0 atom stereocenters. The number of rotatable bonds is 4. The number of nitrogens with zero attached hydrogens (tertiary/aromatic N) is 1. The molecule has 2 aliphatic rings. The number of hydrogen-bond donors (Lipinski definition) is 2. The molecular weight excluding hydrogens is 204 g/mol. The first-order chi connectivity index (χ1) is 6.58. The van der Waals surface area contributed by atoms with Crippen LogP contribution in [0.2, 0.25) is 0 Å². The molecule has 0 aromatic carbocycles. The second kappa shape index (κ2) is 3.44. The third-order valence-corrected chi connectivity index (χ3v) is 4.64. The van der Waals surface area contributed by atoms with Crippen LogP contribution in [0.4, 0.5) is 0 Å². The van der Waals surface area contributed by atoms with Crippen molar-refractivity contribution in [2.24, 2.45) is 0 Å². The molecule has 0 spiro atoms. The molecule has 1 aliphatic heterocycles. The molecule has 1 aliphatic carbocycles. The third-order valence-electron chi connectivity index (χ3n) is 2.91. The normalized spacial score (nSPS) is 26.6. The fraction of sp³-hybridized carbons (Fsp3) is 1.00. The van der Waals surface area contributed by atoms with Crippen molar-refractivity contribution in [3.05, 3.63) is 0 Å². The number of aliphatic hydroxyl groups excluding tert-OH is 1. The van der Waals surface area contributed by atoms with Crippen molar-refractivity contribution >= 4 is 10.2 Å². The molecule has 1 saturated carbocycles. The Kier molecular flexibility index (Phi) is 2.55. The molecular formula is C8H16N2O3S. The van der Waals surface area contributed by atoms with Gasteiger partial charge in [-0.25, -0.2) is 0 Å². The van der Waals surface area contributed by atoms with Crippen LogP contribution in [0.1, 0.15) is 25.7 Å². The Morgan fingerprint density at radius 3 is 2.29 bits per heavy atom. The molecule has 0 amide bonds. The maximum Gasteiger partial charge on any atom is 0.280 e. The average molecular weight is 220 g/mol. The van der Waals surface area contributed by atoms with E-state index in [2.05, 4.69) is 4.72 Å². The quantitative estimate of drug-likeness (QED) is 0.667. The summed E-state index contributed by atoms with van der Waals surface area (Å²) in [6.45, 7) is 1.12. The highest BCUT2D eigenvalue weighted by Gasteiger charge is 2.46. The summed E-state index contributed by atoms with van der Waals surface area (Å²) in [4.78, 5) is 0. The van der Waals surface area contributed by atoms with Crippen LogP contribution in [0, 0.1) is 0 Å². The molecule has 5 nitrogen and oxygen atoms in total. The van der Waals surface area contributed by atoms with Crippen LogP contribution in [0.15, 0.2) is 0 Å². The fourth-order valence-corrected chi connectivity index (χ4v) is 3.39. The zero-order valence-corrected chi connectivity index (χ0v) is 8.89. The first-order valence-corrected chi connectivity index (χ1v) is 6.42. The zero-order chi connectivity index (χ0) is 10.2. The van der Waals surface area contributed by atoms with E-state index in [0.29, 0.717) is 13.1 Å². The van der Waals surface area contributed by atoms with E-state index >= 15 is 0 Å². The third kappa shape index (κ3) is 1.93. The van der Waals surface area contributed by atoms with Gasteiger partial charge >= 0.3 is 0 Å². The van der Waals surface area contributed by atoms with E-state index in [-0.39, 0.29) is 6.61 Å². The van der Waals surface area contributed by atoms with E-state index in [0.717, 1.165) is 25.7 Å². The van der Waals surface area contributed by atoms with Gasteiger partial charge in [-0.3, -0.25) is 0 Å². The van der Waals surface area contributed by atoms with Gasteiger partial charge in [-0.2, -0.15) is 17.4 Å². The van der Waals surface area contributed by atoms with Crippen molar-refractivity contribution in [3.8, 4) is 0 Å². The molecule has 6 heteroatoms. The topological polar surface area (TPSA) is 69.6 Å². The molecule has 1 heterocycles. The summed E-state index contributed by atoms with van der Waals surface area (Å²) in [5.41, 5.74) is -0.540. The van der Waals surface area contributed by atoms with Crippen LogP contribution in [0.3, 0.4) is 0 Å². The molecule has 82 valence electrons. The second-order valence-electron chi connectivity index (χ2n) is 4.15. The highest BCUT2D eigenvalue weighted by molar-refractivity contribution is 7.87. The Bertz CT molecular complexity index is 305. The summed E-state index contributed by atoms with van der Waals surface area (Å²) in [7, 11) is -3.34. The Balaban J connectivity index is 2.01. The number of hydrogen-bond acceptors (Lipinski definition) is 3. The van der Waals surface area contributed by atoms with Gasteiger partial charge in [0.05, 0.1) is 12.1 Å². The van der Waals surface area contributed by atoms with Crippen molar-refractivity contribution in [2.45, 2.75) is 31.2 Å². The highest BCUT2D eigenvalue weighted by atomic mass is 32.2. The molecule has 1 saturated heterocycles. The Morgan fingerprint density at radius 1 is 1.29 bits per heavy atom. The smallest absolute Gasteiger partial charge is 0.280 e. The lowest BCUT2D eigenvalue weighted by atomic mass is 10.3. The van der Waals surface area contributed by atoms with Gasteiger partial charge in [0.25, 0.3) is 10.2 Å². The standard InChI is InChI=1S/C8H16N2O3S/c11-7-8(3-4-8)9-14(12,13)10-5-1-2-6-10/h9,11H,1-7H2. The minimum atomic E-state index is -3.34. The van der Waals surface area contributed by atoms with Gasteiger partial charge in [0.2, 0.25) is 0 Å². The molecule has 0 radical (unpaired) electrons. The van der Waals surface area contributed by atoms with Gasteiger partial charge in [-0.05, 0) is 25.7 Å². The lowest BCUT2D eigenvalue weighted by Crippen LogP contribution is -2.47. The fourth-order valence-electron chi connectivity index (χ4n) is 1.71. The lowest BCUT2D eigenvalue weighted by molar-refractivity contribution is 0.244. The summed E-state index contributed by atoms with van der Waals surface area (Å²) in [5.74, 6) is 0. The van der Waals surface area contributed by atoms with Crippen molar-refractivity contribution in [1.82, 2.24) is 9.03 Å². The second-order valence-corrected chi connectivity index (χ2v) is 5.82. The Labute approximate surface area is 84.3 Å². The van der Waals surface area contributed by atoms with Crippen LogP contribution < -0.4 is 4.72 Å². The van der Waals surface area contributed by atoms with Crippen LogP contribution in [0.25, 0.3) is 0 Å². The van der Waals surface area contributed by atoms with Crippen molar-refractivity contribution in [1.29, 1.82) is 0 Å². The number of nitrogens with one attached hydrogen (secondary N) is 1. The predicted octanol–water partition coefficient (Wildman–Crippen LogP) is -0.559. The van der Waals surface area contributed by atoms with E-state index in [1.54, 1.807) is 0 Å². The molecule has 0 aromatic heterocycles.